The van der Waals surface area contributed by atoms with Crippen LogP contribution in [0.1, 0.15) is 5.82 Å². The van der Waals surface area contributed by atoms with E-state index in [2.05, 4.69) is 20.3 Å². The summed E-state index contributed by atoms with van der Waals surface area (Å²) in [6.45, 7) is 0.698. The number of aromatic nitrogens is 6. The van der Waals surface area contributed by atoms with E-state index in [1.165, 1.54) is 0 Å². The van der Waals surface area contributed by atoms with Crippen LogP contribution in [0.5, 0.6) is 0 Å². The average Bonchev–Trinajstić information content (AvgIpc) is 3.04. The van der Waals surface area contributed by atoms with Crippen molar-refractivity contribution in [2.24, 2.45) is 7.05 Å². The van der Waals surface area contributed by atoms with E-state index in [0.717, 1.165) is 17.2 Å². The summed E-state index contributed by atoms with van der Waals surface area (Å²) in [6.07, 6.45) is 2.41. The van der Waals surface area contributed by atoms with Gasteiger partial charge in [-0.05, 0) is 12.2 Å². The van der Waals surface area contributed by atoms with E-state index >= 15 is 0 Å². The normalized spacial score (nSPS) is 10.8. The molecule has 0 aliphatic heterocycles. The Bertz CT molecular complexity index is 755. The van der Waals surface area contributed by atoms with Crippen molar-refractivity contribution in [1.29, 1.82) is 0 Å². The summed E-state index contributed by atoms with van der Waals surface area (Å²) in [6, 6.07) is 9.98. The molecule has 3 rings (SSSR count). The highest BCUT2D eigenvalue weighted by Crippen LogP contribution is 2.16. The number of H-pyrrole nitrogens is 1. The number of hydrogen-bond donors (Lipinski definition) is 1. The van der Waals surface area contributed by atoms with Gasteiger partial charge in [-0.15, -0.1) is 0 Å². The molecule has 0 bridgehead atoms. The van der Waals surface area contributed by atoms with E-state index in [4.69, 9.17) is 12.2 Å². The second kappa shape index (κ2) is 5.38. The lowest BCUT2D eigenvalue weighted by atomic mass is 10.2. The van der Waals surface area contributed by atoms with Crippen molar-refractivity contribution in [2.45, 2.75) is 13.0 Å². The highest BCUT2D eigenvalue weighted by atomic mass is 32.1. The Morgan fingerprint density at radius 2 is 2.05 bits per heavy atom. The summed E-state index contributed by atoms with van der Waals surface area (Å²) in [5.41, 5.74) is 1.04. The Labute approximate surface area is 121 Å². The van der Waals surface area contributed by atoms with Gasteiger partial charge in [0, 0.05) is 25.6 Å². The topological polar surface area (TPSA) is 64.3 Å². The first-order valence-corrected chi connectivity index (χ1v) is 6.70. The predicted octanol–water partition coefficient (Wildman–Crippen LogP) is 1.98. The number of aryl methyl sites for hydroxylation is 2. The summed E-state index contributed by atoms with van der Waals surface area (Å²) in [7, 11) is 1.86. The van der Waals surface area contributed by atoms with E-state index in [1.807, 2.05) is 41.9 Å². The molecule has 3 aromatic rings. The molecular weight excluding hydrogens is 272 g/mol. The lowest BCUT2D eigenvalue weighted by Crippen LogP contribution is -2.05. The first-order chi connectivity index (χ1) is 9.74. The zero-order valence-electron chi connectivity index (χ0n) is 11.0. The van der Waals surface area contributed by atoms with Gasteiger partial charge in [0.05, 0.1) is 0 Å². The monoisotopic (exact) mass is 286 g/mol. The predicted molar refractivity (Wildman–Crippen MR) is 77.6 cm³/mol. The Balaban J connectivity index is 1.86. The minimum absolute atomic E-state index is 0.611. The molecule has 0 unspecified atom stereocenters. The molecule has 0 atom stereocenters. The van der Waals surface area contributed by atoms with Crippen LogP contribution in [0.25, 0.3) is 11.4 Å². The van der Waals surface area contributed by atoms with Crippen molar-refractivity contribution < 1.29 is 0 Å². The molecule has 1 N–H and O–H groups in total. The zero-order chi connectivity index (χ0) is 13.9. The van der Waals surface area contributed by atoms with Crippen molar-refractivity contribution in [3.05, 3.63) is 47.3 Å². The second-order valence-corrected chi connectivity index (χ2v) is 4.84. The third-order valence-corrected chi connectivity index (χ3v) is 3.31. The van der Waals surface area contributed by atoms with E-state index < -0.39 is 0 Å². The first-order valence-electron chi connectivity index (χ1n) is 6.29. The van der Waals surface area contributed by atoms with Gasteiger partial charge in [0.15, 0.2) is 16.4 Å². The standard InChI is InChI=1S/C13H14N6S/c1-18-9-14-11(17-18)7-8-19-12(15-16-13(19)20)10-5-3-2-4-6-10/h2-6,9H,7-8H2,1H3,(H,16,20). The number of aromatic amines is 1. The number of nitrogens with one attached hydrogen (secondary N) is 1. The van der Waals surface area contributed by atoms with Gasteiger partial charge >= 0.3 is 0 Å². The van der Waals surface area contributed by atoms with Crippen LogP contribution in [-0.2, 0) is 20.0 Å². The van der Waals surface area contributed by atoms with Crippen molar-refractivity contribution in [3.63, 3.8) is 0 Å². The van der Waals surface area contributed by atoms with Crippen LogP contribution in [-0.4, -0.2) is 29.5 Å². The molecule has 0 saturated heterocycles. The maximum atomic E-state index is 5.29. The van der Waals surface area contributed by atoms with Gasteiger partial charge in [0.1, 0.15) is 6.33 Å². The van der Waals surface area contributed by atoms with Gasteiger partial charge < -0.3 is 0 Å². The van der Waals surface area contributed by atoms with Gasteiger partial charge in [-0.25, -0.2) is 4.98 Å². The molecule has 0 fully saturated rings. The smallest absolute Gasteiger partial charge is 0.195 e. The van der Waals surface area contributed by atoms with Gasteiger partial charge in [-0.1, -0.05) is 30.3 Å². The average molecular weight is 286 g/mol. The third-order valence-electron chi connectivity index (χ3n) is 3.00. The molecule has 0 amide bonds. The molecule has 102 valence electrons. The largest absolute Gasteiger partial charge is 0.300 e. The van der Waals surface area contributed by atoms with Crippen molar-refractivity contribution >= 4 is 12.2 Å². The lowest BCUT2D eigenvalue weighted by molar-refractivity contribution is 0.656. The molecule has 2 heterocycles. The fourth-order valence-corrected chi connectivity index (χ4v) is 2.27. The Kier molecular flexibility index (Phi) is 3.42. The number of hydrogen-bond acceptors (Lipinski definition) is 4. The fraction of sp³-hybridized carbons (Fsp3) is 0.231. The highest BCUT2D eigenvalue weighted by molar-refractivity contribution is 7.71. The van der Waals surface area contributed by atoms with E-state index in [1.54, 1.807) is 11.0 Å². The van der Waals surface area contributed by atoms with Crippen molar-refractivity contribution in [3.8, 4) is 11.4 Å². The Morgan fingerprint density at radius 1 is 1.25 bits per heavy atom. The zero-order valence-corrected chi connectivity index (χ0v) is 11.8. The second-order valence-electron chi connectivity index (χ2n) is 4.45. The van der Waals surface area contributed by atoms with E-state index in [0.29, 0.717) is 17.7 Å². The van der Waals surface area contributed by atoms with Crippen LogP contribution in [0, 0.1) is 4.77 Å². The Hall–Kier alpha value is -2.28. The summed E-state index contributed by atoms with van der Waals surface area (Å²) < 4.78 is 4.28. The van der Waals surface area contributed by atoms with Crippen molar-refractivity contribution in [2.75, 3.05) is 0 Å². The van der Waals surface area contributed by atoms with Gasteiger partial charge in [-0.3, -0.25) is 14.3 Å². The fourth-order valence-electron chi connectivity index (χ4n) is 2.04. The number of rotatable bonds is 4. The molecule has 20 heavy (non-hydrogen) atoms. The lowest BCUT2D eigenvalue weighted by Gasteiger charge is -2.05. The first kappa shape index (κ1) is 12.7. The van der Waals surface area contributed by atoms with Crippen LogP contribution < -0.4 is 0 Å². The molecule has 0 aliphatic carbocycles. The molecule has 7 heteroatoms. The van der Waals surface area contributed by atoms with E-state index in [-0.39, 0.29) is 0 Å². The maximum absolute atomic E-state index is 5.29. The number of benzene rings is 1. The molecule has 0 aliphatic rings. The number of nitrogens with zero attached hydrogens (tertiary/aromatic N) is 5. The summed E-state index contributed by atoms with van der Waals surface area (Å²) in [5, 5.41) is 11.4. The van der Waals surface area contributed by atoms with Crippen LogP contribution in [0.15, 0.2) is 36.7 Å². The minimum Gasteiger partial charge on any atom is -0.300 e. The van der Waals surface area contributed by atoms with Crippen LogP contribution in [0.2, 0.25) is 0 Å². The Morgan fingerprint density at radius 3 is 2.75 bits per heavy atom. The molecular formula is C13H14N6S. The summed E-state index contributed by atoms with van der Waals surface area (Å²) in [5.74, 6) is 1.64. The highest BCUT2D eigenvalue weighted by Gasteiger charge is 2.09. The molecule has 1 aromatic carbocycles. The van der Waals surface area contributed by atoms with Crippen molar-refractivity contribution in [1.82, 2.24) is 29.5 Å². The molecule has 2 aromatic heterocycles. The third kappa shape index (κ3) is 2.53. The summed E-state index contributed by atoms with van der Waals surface area (Å²) >= 11 is 5.29. The quantitative estimate of drug-likeness (QED) is 0.745. The summed E-state index contributed by atoms with van der Waals surface area (Å²) in [4.78, 5) is 4.22. The van der Waals surface area contributed by atoms with Crippen LogP contribution in [0.4, 0.5) is 0 Å². The molecule has 0 spiro atoms. The van der Waals surface area contributed by atoms with Crippen LogP contribution in [0.3, 0.4) is 0 Å². The molecule has 0 radical (unpaired) electrons. The minimum atomic E-state index is 0.611. The van der Waals surface area contributed by atoms with Crippen LogP contribution >= 0.6 is 12.2 Å². The SMILES string of the molecule is Cn1cnc(CCn2c(-c3ccccc3)n[nH]c2=S)n1. The molecule has 6 nitrogen and oxygen atoms in total. The van der Waals surface area contributed by atoms with Gasteiger partial charge in [0.2, 0.25) is 0 Å². The maximum Gasteiger partial charge on any atom is 0.195 e. The van der Waals surface area contributed by atoms with Gasteiger partial charge in [0.25, 0.3) is 0 Å². The van der Waals surface area contributed by atoms with E-state index in [9.17, 15) is 0 Å². The molecule has 0 saturated carbocycles. The van der Waals surface area contributed by atoms with Gasteiger partial charge in [-0.2, -0.15) is 10.2 Å².